The van der Waals surface area contributed by atoms with Crippen LogP contribution in [0.3, 0.4) is 0 Å². The van der Waals surface area contributed by atoms with Gasteiger partial charge in [-0.15, -0.1) is 0 Å². The molecule has 0 saturated heterocycles. The summed E-state index contributed by atoms with van der Waals surface area (Å²) in [5.41, 5.74) is 9.34. The van der Waals surface area contributed by atoms with Crippen LogP contribution < -0.4 is 10.5 Å². The van der Waals surface area contributed by atoms with Crippen LogP contribution in [0, 0.1) is 6.92 Å². The topological polar surface area (TPSA) is 66.0 Å². The van der Waals surface area contributed by atoms with E-state index in [-0.39, 0.29) is 0 Å². The molecule has 2 N–H and O–H groups in total. The number of hydrogen-bond donors (Lipinski definition) is 1. The number of aromatic nitrogens is 3. The summed E-state index contributed by atoms with van der Waals surface area (Å²) in [7, 11) is 1.58. The number of aryl methyl sites for hydroxylation is 1. The van der Waals surface area contributed by atoms with Crippen molar-refractivity contribution in [1.29, 1.82) is 0 Å². The molecule has 5 nitrogen and oxygen atoms in total. The molecule has 20 heavy (non-hydrogen) atoms. The molecular formula is C14H13ClN4O. The Hall–Kier alpha value is -2.27. The van der Waals surface area contributed by atoms with Gasteiger partial charge in [0.1, 0.15) is 11.3 Å². The van der Waals surface area contributed by atoms with E-state index in [2.05, 4.69) is 9.97 Å². The minimum Gasteiger partial charge on any atom is -0.495 e. The monoisotopic (exact) mass is 288 g/mol. The van der Waals surface area contributed by atoms with Crippen molar-refractivity contribution in [3.8, 4) is 11.4 Å². The zero-order chi connectivity index (χ0) is 14.3. The Kier molecular flexibility index (Phi) is 2.99. The second-order valence-corrected chi connectivity index (χ2v) is 4.83. The SMILES string of the molecule is COc1ccc(-n2c(N)nc3c(C)ccnc32)cc1Cl. The average Bonchev–Trinajstić information content (AvgIpc) is 2.76. The number of methoxy groups -OCH3 is 1. The highest BCUT2D eigenvalue weighted by atomic mass is 35.5. The predicted molar refractivity (Wildman–Crippen MR) is 79.6 cm³/mol. The van der Waals surface area contributed by atoms with E-state index in [0.717, 1.165) is 16.8 Å². The maximum absolute atomic E-state index is 6.16. The quantitative estimate of drug-likeness (QED) is 0.787. The van der Waals surface area contributed by atoms with Crippen molar-refractivity contribution in [3.63, 3.8) is 0 Å². The van der Waals surface area contributed by atoms with E-state index in [0.29, 0.717) is 22.4 Å². The number of halogens is 1. The standard InChI is InChI=1S/C14H13ClN4O/c1-8-5-6-17-13-12(8)18-14(16)19(13)9-3-4-11(20-2)10(15)7-9/h3-7H,1-2H3,(H2,16,18). The molecule has 0 aliphatic heterocycles. The number of nitrogen functional groups attached to an aromatic ring is 1. The Morgan fingerprint density at radius 2 is 2.10 bits per heavy atom. The summed E-state index contributed by atoms with van der Waals surface area (Å²) < 4.78 is 6.92. The van der Waals surface area contributed by atoms with Crippen molar-refractivity contribution >= 4 is 28.7 Å². The Morgan fingerprint density at radius 1 is 1.30 bits per heavy atom. The van der Waals surface area contributed by atoms with E-state index >= 15 is 0 Å². The summed E-state index contributed by atoms with van der Waals surface area (Å²) in [5.74, 6) is 0.991. The fourth-order valence-corrected chi connectivity index (χ4v) is 2.41. The second kappa shape index (κ2) is 4.68. The van der Waals surface area contributed by atoms with Crippen molar-refractivity contribution in [3.05, 3.63) is 41.0 Å². The Morgan fingerprint density at radius 3 is 2.80 bits per heavy atom. The summed E-state index contributed by atoms with van der Waals surface area (Å²) >= 11 is 6.16. The molecule has 6 heteroatoms. The summed E-state index contributed by atoms with van der Waals surface area (Å²) in [6, 6.07) is 7.34. The third kappa shape index (κ3) is 1.87. The molecule has 1 aromatic carbocycles. The predicted octanol–water partition coefficient (Wildman–Crippen LogP) is 2.97. The van der Waals surface area contributed by atoms with Gasteiger partial charge < -0.3 is 10.5 Å². The molecule has 2 aromatic heterocycles. The lowest BCUT2D eigenvalue weighted by Gasteiger charge is -2.08. The maximum atomic E-state index is 6.16. The van der Waals surface area contributed by atoms with Gasteiger partial charge in [0.25, 0.3) is 0 Å². The first-order valence-electron chi connectivity index (χ1n) is 6.05. The van der Waals surface area contributed by atoms with Gasteiger partial charge in [-0.25, -0.2) is 9.97 Å². The van der Waals surface area contributed by atoms with Crippen LogP contribution in [0.2, 0.25) is 5.02 Å². The largest absolute Gasteiger partial charge is 0.495 e. The van der Waals surface area contributed by atoms with Crippen molar-refractivity contribution < 1.29 is 4.74 Å². The number of benzene rings is 1. The fraction of sp³-hybridized carbons (Fsp3) is 0.143. The van der Waals surface area contributed by atoms with Crippen LogP contribution in [0.5, 0.6) is 5.75 Å². The van der Waals surface area contributed by atoms with Crippen LogP contribution >= 0.6 is 11.6 Å². The van der Waals surface area contributed by atoms with E-state index in [4.69, 9.17) is 22.1 Å². The summed E-state index contributed by atoms with van der Waals surface area (Å²) in [5, 5.41) is 0.513. The number of nitrogens with zero attached hydrogens (tertiary/aromatic N) is 3. The Balaban J connectivity index is 2.27. The minimum atomic E-state index is 0.378. The molecular weight excluding hydrogens is 276 g/mol. The van der Waals surface area contributed by atoms with Gasteiger partial charge >= 0.3 is 0 Å². The van der Waals surface area contributed by atoms with Crippen LogP contribution in [0.1, 0.15) is 5.56 Å². The molecule has 3 rings (SSSR count). The Labute approximate surface area is 121 Å². The number of anilines is 1. The minimum absolute atomic E-state index is 0.378. The van der Waals surface area contributed by atoms with Crippen molar-refractivity contribution in [2.24, 2.45) is 0 Å². The molecule has 3 aromatic rings. The van der Waals surface area contributed by atoms with E-state index in [1.54, 1.807) is 30.0 Å². The van der Waals surface area contributed by atoms with Gasteiger partial charge in [-0.05, 0) is 36.8 Å². The lowest BCUT2D eigenvalue weighted by molar-refractivity contribution is 0.415. The van der Waals surface area contributed by atoms with Crippen LogP contribution in [-0.4, -0.2) is 21.6 Å². The van der Waals surface area contributed by atoms with Crippen LogP contribution in [0.4, 0.5) is 5.95 Å². The van der Waals surface area contributed by atoms with Crippen LogP contribution in [0.25, 0.3) is 16.9 Å². The lowest BCUT2D eigenvalue weighted by atomic mass is 10.2. The molecule has 0 atom stereocenters. The van der Waals surface area contributed by atoms with E-state index in [1.807, 2.05) is 19.1 Å². The molecule has 0 aliphatic rings. The van der Waals surface area contributed by atoms with Gasteiger partial charge in [-0.1, -0.05) is 11.6 Å². The number of imidazole rings is 1. The molecule has 0 fully saturated rings. The molecule has 0 radical (unpaired) electrons. The van der Waals surface area contributed by atoms with E-state index < -0.39 is 0 Å². The second-order valence-electron chi connectivity index (χ2n) is 4.42. The molecule has 0 spiro atoms. The van der Waals surface area contributed by atoms with Gasteiger partial charge in [0, 0.05) is 6.20 Å². The number of pyridine rings is 1. The Bertz CT molecular complexity index is 797. The van der Waals surface area contributed by atoms with E-state index in [1.165, 1.54) is 0 Å². The molecule has 0 amide bonds. The van der Waals surface area contributed by atoms with Gasteiger partial charge in [0.15, 0.2) is 5.65 Å². The third-order valence-corrected chi connectivity index (χ3v) is 3.46. The average molecular weight is 289 g/mol. The first-order valence-corrected chi connectivity index (χ1v) is 6.43. The van der Waals surface area contributed by atoms with E-state index in [9.17, 15) is 0 Å². The molecule has 0 bridgehead atoms. The van der Waals surface area contributed by atoms with Crippen LogP contribution in [0.15, 0.2) is 30.5 Å². The highest BCUT2D eigenvalue weighted by Gasteiger charge is 2.13. The number of nitrogens with two attached hydrogens (primary N) is 1. The molecule has 0 unspecified atom stereocenters. The first kappa shape index (κ1) is 12.7. The molecule has 0 aliphatic carbocycles. The smallest absolute Gasteiger partial charge is 0.207 e. The van der Waals surface area contributed by atoms with Crippen molar-refractivity contribution in [1.82, 2.24) is 14.5 Å². The number of ether oxygens (including phenoxy) is 1. The van der Waals surface area contributed by atoms with Gasteiger partial charge in [-0.2, -0.15) is 0 Å². The summed E-state index contributed by atoms with van der Waals surface area (Å²) in [4.78, 5) is 8.72. The number of rotatable bonds is 2. The summed E-state index contributed by atoms with van der Waals surface area (Å²) in [6.45, 7) is 1.97. The van der Waals surface area contributed by atoms with Crippen molar-refractivity contribution in [2.75, 3.05) is 12.8 Å². The zero-order valence-corrected chi connectivity index (χ0v) is 11.8. The highest BCUT2D eigenvalue weighted by molar-refractivity contribution is 6.32. The maximum Gasteiger partial charge on any atom is 0.207 e. The first-order chi connectivity index (χ1) is 9.61. The fourth-order valence-electron chi connectivity index (χ4n) is 2.16. The molecule has 0 saturated carbocycles. The molecule has 2 heterocycles. The molecule has 102 valence electrons. The highest BCUT2D eigenvalue weighted by Crippen LogP contribution is 2.29. The van der Waals surface area contributed by atoms with Gasteiger partial charge in [-0.3, -0.25) is 4.57 Å². The van der Waals surface area contributed by atoms with Crippen LogP contribution in [-0.2, 0) is 0 Å². The number of hydrogen-bond acceptors (Lipinski definition) is 4. The number of fused-ring (bicyclic) bond motifs is 1. The summed E-state index contributed by atoms with van der Waals surface area (Å²) in [6.07, 6.45) is 1.74. The van der Waals surface area contributed by atoms with Gasteiger partial charge in [0.05, 0.1) is 17.8 Å². The normalized spacial score (nSPS) is 10.9. The lowest BCUT2D eigenvalue weighted by Crippen LogP contribution is -2.01. The van der Waals surface area contributed by atoms with Gasteiger partial charge in [0.2, 0.25) is 5.95 Å². The zero-order valence-electron chi connectivity index (χ0n) is 11.1. The van der Waals surface area contributed by atoms with Crippen molar-refractivity contribution in [2.45, 2.75) is 6.92 Å². The third-order valence-electron chi connectivity index (χ3n) is 3.17.